The van der Waals surface area contributed by atoms with E-state index in [0.717, 1.165) is 0 Å². The van der Waals surface area contributed by atoms with E-state index >= 15 is 0 Å². The lowest BCUT2D eigenvalue weighted by Gasteiger charge is -1.99. The van der Waals surface area contributed by atoms with Gasteiger partial charge in [0.1, 0.15) is 0 Å². The molecule has 0 radical (unpaired) electrons. The maximum atomic E-state index is 11.2. The van der Waals surface area contributed by atoms with E-state index in [0.29, 0.717) is 16.8 Å². The number of hydrogen-bond acceptors (Lipinski definition) is 5. The van der Waals surface area contributed by atoms with Crippen LogP contribution in [0.4, 0.5) is 0 Å². The van der Waals surface area contributed by atoms with Crippen LogP contribution in [0.2, 0.25) is 0 Å². The minimum Gasteiger partial charge on any atom is -0.504 e. The van der Waals surface area contributed by atoms with Crippen LogP contribution in [0.1, 0.15) is 12.5 Å². The van der Waals surface area contributed by atoms with Crippen LogP contribution in [0.15, 0.2) is 28.9 Å². The average Bonchev–Trinajstić information content (AvgIpc) is 2.55. The number of phenolic OH excluding ortho intramolecular Hbond substituents is 2. The first-order valence-corrected chi connectivity index (χ1v) is 4.58. The van der Waals surface area contributed by atoms with Crippen molar-refractivity contribution in [2.45, 2.75) is 6.92 Å². The Bertz CT molecular complexity index is 517. The number of hydrogen-bond donors (Lipinski definition) is 2. The zero-order valence-corrected chi connectivity index (χ0v) is 8.47. The quantitative estimate of drug-likeness (QED) is 0.425. The second kappa shape index (κ2) is 3.69. The van der Waals surface area contributed by atoms with Crippen LogP contribution in [0, 0.1) is 0 Å². The standard InChI is InChI=1S/C11H9NO4/c1-6-8(11(15)16-12-6)4-7-2-3-9(13)10(14)5-7/h2-5,13-14H,1H3/b8-4-. The molecular formula is C11H9NO4. The van der Waals surface area contributed by atoms with Gasteiger partial charge in [-0.25, -0.2) is 4.79 Å². The van der Waals surface area contributed by atoms with Crippen molar-refractivity contribution in [3.05, 3.63) is 29.3 Å². The summed E-state index contributed by atoms with van der Waals surface area (Å²) in [4.78, 5) is 15.7. The van der Waals surface area contributed by atoms with Crippen molar-refractivity contribution in [3.8, 4) is 11.5 Å². The molecule has 0 fully saturated rings. The Hall–Kier alpha value is -2.30. The molecular weight excluding hydrogens is 210 g/mol. The largest absolute Gasteiger partial charge is 0.504 e. The molecule has 5 heteroatoms. The molecule has 0 atom stereocenters. The molecule has 1 aromatic carbocycles. The van der Waals surface area contributed by atoms with Crippen molar-refractivity contribution in [3.63, 3.8) is 0 Å². The first kappa shape index (κ1) is 10.2. The third-order valence-corrected chi connectivity index (χ3v) is 2.19. The SMILES string of the molecule is CC1=NOC(=O)/C1=C\c1ccc(O)c(O)c1. The van der Waals surface area contributed by atoms with Gasteiger partial charge in [-0.3, -0.25) is 0 Å². The van der Waals surface area contributed by atoms with E-state index in [-0.39, 0.29) is 11.5 Å². The van der Waals surface area contributed by atoms with Gasteiger partial charge in [0.2, 0.25) is 0 Å². The Morgan fingerprint density at radius 2 is 2.06 bits per heavy atom. The van der Waals surface area contributed by atoms with Crippen LogP contribution in [0.5, 0.6) is 11.5 Å². The maximum absolute atomic E-state index is 11.2. The zero-order chi connectivity index (χ0) is 11.7. The summed E-state index contributed by atoms with van der Waals surface area (Å²) in [7, 11) is 0. The molecule has 0 aromatic heterocycles. The Balaban J connectivity index is 2.39. The first-order valence-electron chi connectivity index (χ1n) is 4.58. The first-order chi connectivity index (χ1) is 7.58. The number of aromatic hydroxyl groups is 2. The summed E-state index contributed by atoms with van der Waals surface area (Å²) in [5, 5.41) is 21.9. The molecule has 1 heterocycles. The highest BCUT2D eigenvalue weighted by Crippen LogP contribution is 2.26. The van der Waals surface area contributed by atoms with Gasteiger partial charge in [0, 0.05) is 0 Å². The summed E-state index contributed by atoms with van der Waals surface area (Å²) in [5.74, 6) is -0.970. The smallest absolute Gasteiger partial charge is 0.367 e. The molecule has 1 aliphatic heterocycles. The van der Waals surface area contributed by atoms with Gasteiger partial charge < -0.3 is 15.1 Å². The monoisotopic (exact) mass is 219 g/mol. The number of benzene rings is 1. The molecule has 1 aliphatic rings. The lowest BCUT2D eigenvalue weighted by molar-refractivity contribution is -0.136. The van der Waals surface area contributed by atoms with E-state index in [4.69, 9.17) is 5.11 Å². The number of rotatable bonds is 1. The van der Waals surface area contributed by atoms with Crippen LogP contribution < -0.4 is 0 Å². The second-order valence-corrected chi connectivity index (χ2v) is 3.36. The summed E-state index contributed by atoms with van der Waals surface area (Å²) >= 11 is 0. The third-order valence-electron chi connectivity index (χ3n) is 2.19. The third kappa shape index (κ3) is 1.75. The number of carbonyl (C=O) groups excluding carboxylic acids is 1. The van der Waals surface area contributed by atoms with Gasteiger partial charge in [-0.2, -0.15) is 0 Å². The van der Waals surface area contributed by atoms with Gasteiger partial charge in [0.15, 0.2) is 11.5 Å². The molecule has 0 aliphatic carbocycles. The van der Waals surface area contributed by atoms with Crippen LogP contribution in [-0.2, 0) is 9.63 Å². The molecule has 0 bridgehead atoms. The summed E-state index contributed by atoms with van der Waals surface area (Å²) in [6.45, 7) is 1.65. The summed E-state index contributed by atoms with van der Waals surface area (Å²) in [5.41, 5.74) is 1.40. The van der Waals surface area contributed by atoms with Crippen molar-refractivity contribution in [2.24, 2.45) is 5.16 Å². The number of oxime groups is 1. The highest BCUT2D eigenvalue weighted by molar-refractivity contribution is 6.24. The fourth-order valence-electron chi connectivity index (χ4n) is 1.32. The molecule has 0 amide bonds. The molecule has 2 N–H and O–H groups in total. The van der Waals surface area contributed by atoms with Crippen LogP contribution >= 0.6 is 0 Å². The molecule has 0 unspecified atom stereocenters. The Kier molecular flexibility index (Phi) is 2.36. The molecule has 82 valence electrons. The maximum Gasteiger partial charge on any atom is 0.367 e. The van der Waals surface area contributed by atoms with Gasteiger partial charge in [-0.15, -0.1) is 0 Å². The minimum atomic E-state index is -0.523. The Morgan fingerprint density at radius 3 is 2.62 bits per heavy atom. The number of carbonyl (C=O) groups is 1. The number of nitrogens with zero attached hydrogens (tertiary/aromatic N) is 1. The van der Waals surface area contributed by atoms with E-state index < -0.39 is 5.97 Å². The van der Waals surface area contributed by atoms with Crippen molar-refractivity contribution in [1.82, 2.24) is 0 Å². The normalized spacial score (nSPS) is 17.4. The van der Waals surface area contributed by atoms with Gasteiger partial charge in [0.05, 0.1) is 11.3 Å². The average molecular weight is 219 g/mol. The fraction of sp³-hybridized carbons (Fsp3) is 0.0909. The lowest BCUT2D eigenvalue weighted by atomic mass is 10.1. The molecule has 0 saturated heterocycles. The van der Waals surface area contributed by atoms with E-state index in [2.05, 4.69) is 9.99 Å². The van der Waals surface area contributed by atoms with Crippen molar-refractivity contribution in [2.75, 3.05) is 0 Å². The summed E-state index contributed by atoms with van der Waals surface area (Å²) in [6, 6.07) is 4.26. The summed E-state index contributed by atoms with van der Waals surface area (Å²) in [6.07, 6.45) is 1.54. The van der Waals surface area contributed by atoms with Gasteiger partial charge in [-0.05, 0) is 30.7 Å². The highest BCUT2D eigenvalue weighted by atomic mass is 16.7. The van der Waals surface area contributed by atoms with Gasteiger partial charge in [-0.1, -0.05) is 11.2 Å². The second-order valence-electron chi connectivity index (χ2n) is 3.36. The van der Waals surface area contributed by atoms with Gasteiger partial charge in [0.25, 0.3) is 0 Å². The van der Waals surface area contributed by atoms with E-state index in [1.54, 1.807) is 13.0 Å². The van der Waals surface area contributed by atoms with Gasteiger partial charge >= 0.3 is 5.97 Å². The van der Waals surface area contributed by atoms with Crippen LogP contribution in [0.25, 0.3) is 6.08 Å². The molecule has 16 heavy (non-hydrogen) atoms. The molecule has 1 aromatic rings. The van der Waals surface area contributed by atoms with E-state index in [1.165, 1.54) is 18.2 Å². The predicted molar refractivity (Wildman–Crippen MR) is 56.9 cm³/mol. The Morgan fingerprint density at radius 1 is 1.31 bits per heavy atom. The molecule has 0 spiro atoms. The van der Waals surface area contributed by atoms with E-state index in [1.807, 2.05) is 0 Å². The molecule has 2 rings (SSSR count). The van der Waals surface area contributed by atoms with Crippen molar-refractivity contribution >= 4 is 17.8 Å². The van der Waals surface area contributed by atoms with Crippen molar-refractivity contribution < 1.29 is 19.8 Å². The predicted octanol–water partition coefficient (Wildman–Crippen LogP) is 1.41. The summed E-state index contributed by atoms with van der Waals surface area (Å²) < 4.78 is 0. The fourth-order valence-corrected chi connectivity index (χ4v) is 1.32. The van der Waals surface area contributed by atoms with Crippen molar-refractivity contribution in [1.29, 1.82) is 0 Å². The van der Waals surface area contributed by atoms with E-state index in [9.17, 15) is 9.90 Å². The number of phenols is 2. The molecule has 5 nitrogen and oxygen atoms in total. The lowest BCUT2D eigenvalue weighted by Crippen LogP contribution is -2.01. The topological polar surface area (TPSA) is 79.1 Å². The zero-order valence-electron chi connectivity index (χ0n) is 8.47. The van der Waals surface area contributed by atoms with Crippen LogP contribution in [-0.4, -0.2) is 21.9 Å². The molecule has 0 saturated carbocycles. The highest BCUT2D eigenvalue weighted by Gasteiger charge is 2.21. The minimum absolute atomic E-state index is 0.207. The van der Waals surface area contributed by atoms with Crippen LogP contribution in [0.3, 0.4) is 0 Å². The Labute approximate surface area is 91.3 Å².